The number of likely N-dealkylation sites (N-methyl/N-ethyl adjacent to an activating group) is 1. The minimum atomic E-state index is -0.619. The summed E-state index contributed by atoms with van der Waals surface area (Å²) in [6, 6.07) is 0. The van der Waals surface area contributed by atoms with Crippen molar-refractivity contribution in [2.75, 3.05) is 13.1 Å². The van der Waals surface area contributed by atoms with E-state index < -0.39 is 11.5 Å². The van der Waals surface area contributed by atoms with Gasteiger partial charge in [0, 0.05) is 6.54 Å². The molecule has 1 aliphatic rings. The summed E-state index contributed by atoms with van der Waals surface area (Å²) in [5.41, 5.74) is -0.592. The molecule has 0 saturated heterocycles. The molecule has 0 bridgehead atoms. The van der Waals surface area contributed by atoms with E-state index in [1.165, 1.54) is 0 Å². The van der Waals surface area contributed by atoms with Crippen LogP contribution in [0.4, 0.5) is 0 Å². The third-order valence-corrected chi connectivity index (χ3v) is 4.07. The smallest absolute Gasteiger partial charge is 0.324 e. The van der Waals surface area contributed by atoms with Crippen LogP contribution in [0.5, 0.6) is 0 Å². The average Bonchev–Trinajstić information content (AvgIpc) is 2.27. The zero-order valence-corrected chi connectivity index (χ0v) is 11.7. The van der Waals surface area contributed by atoms with Crippen LogP contribution < -0.4 is 0 Å². The number of aliphatic carboxylic acids is 1. The molecule has 0 aliphatic heterocycles. The summed E-state index contributed by atoms with van der Waals surface area (Å²) >= 11 is 0. The largest absolute Gasteiger partial charge is 0.480 e. The Morgan fingerprint density at radius 3 is 2.29 bits per heavy atom. The molecule has 0 unspecified atom stereocenters. The summed E-state index contributed by atoms with van der Waals surface area (Å²) in [6.45, 7) is 10.3. The average molecular weight is 241 g/mol. The van der Waals surface area contributed by atoms with Crippen molar-refractivity contribution in [1.82, 2.24) is 4.90 Å². The highest BCUT2D eigenvalue weighted by molar-refractivity contribution is 5.79. The minimum Gasteiger partial charge on any atom is -0.480 e. The van der Waals surface area contributed by atoms with Gasteiger partial charge in [0.2, 0.25) is 0 Å². The molecule has 0 aromatic carbocycles. The van der Waals surface area contributed by atoms with Gasteiger partial charge < -0.3 is 5.11 Å². The van der Waals surface area contributed by atoms with E-state index in [-0.39, 0.29) is 0 Å². The number of rotatable bonds is 5. The van der Waals surface area contributed by atoms with Crippen LogP contribution >= 0.6 is 0 Å². The Kier molecular flexibility index (Phi) is 4.99. The van der Waals surface area contributed by atoms with E-state index in [1.54, 1.807) is 0 Å². The van der Waals surface area contributed by atoms with Gasteiger partial charge in [0.25, 0.3) is 0 Å². The first-order chi connectivity index (χ1) is 7.92. The second-order valence-electron chi connectivity index (χ2n) is 5.95. The summed E-state index contributed by atoms with van der Waals surface area (Å²) in [5, 5.41) is 9.65. The van der Waals surface area contributed by atoms with Gasteiger partial charge in [-0.05, 0) is 44.1 Å². The van der Waals surface area contributed by atoms with Gasteiger partial charge in [-0.3, -0.25) is 9.69 Å². The number of carboxylic acid groups (broad SMARTS) is 1. The first kappa shape index (κ1) is 14.5. The minimum absolute atomic E-state index is 0.519. The molecular formula is C14H27NO2. The van der Waals surface area contributed by atoms with Crippen molar-refractivity contribution in [1.29, 1.82) is 0 Å². The molecule has 1 rings (SSSR count). The number of hydrogen-bond acceptors (Lipinski definition) is 2. The second-order valence-corrected chi connectivity index (χ2v) is 5.95. The highest BCUT2D eigenvalue weighted by atomic mass is 16.4. The lowest BCUT2D eigenvalue weighted by Gasteiger charge is -2.44. The van der Waals surface area contributed by atoms with E-state index >= 15 is 0 Å². The molecule has 0 spiro atoms. The van der Waals surface area contributed by atoms with Crippen LogP contribution in [0.15, 0.2) is 0 Å². The SMILES string of the molecule is CCN(CC(C)C)C1(C(=O)O)CCC(C)CC1. The Balaban J connectivity index is 2.86. The molecule has 100 valence electrons. The molecule has 17 heavy (non-hydrogen) atoms. The van der Waals surface area contributed by atoms with Crippen molar-refractivity contribution in [3.8, 4) is 0 Å². The van der Waals surface area contributed by atoms with Gasteiger partial charge in [-0.1, -0.05) is 27.7 Å². The Bertz CT molecular complexity index is 255. The Morgan fingerprint density at radius 1 is 1.41 bits per heavy atom. The highest BCUT2D eigenvalue weighted by Gasteiger charge is 2.45. The van der Waals surface area contributed by atoms with Crippen LogP contribution in [0.1, 0.15) is 53.4 Å². The van der Waals surface area contributed by atoms with E-state index in [0.717, 1.165) is 38.8 Å². The van der Waals surface area contributed by atoms with Crippen molar-refractivity contribution in [3.63, 3.8) is 0 Å². The lowest BCUT2D eigenvalue weighted by molar-refractivity contribution is -0.155. The topological polar surface area (TPSA) is 40.5 Å². The van der Waals surface area contributed by atoms with Gasteiger partial charge in [0.1, 0.15) is 5.54 Å². The normalized spacial score (nSPS) is 29.9. The van der Waals surface area contributed by atoms with Crippen LogP contribution in [-0.4, -0.2) is 34.6 Å². The fourth-order valence-electron chi connectivity index (χ4n) is 2.95. The monoisotopic (exact) mass is 241 g/mol. The molecule has 0 amide bonds. The van der Waals surface area contributed by atoms with Crippen molar-refractivity contribution >= 4 is 5.97 Å². The predicted octanol–water partition coefficient (Wildman–Crippen LogP) is 3.00. The third kappa shape index (κ3) is 3.21. The molecule has 1 N–H and O–H groups in total. The summed E-state index contributed by atoms with van der Waals surface area (Å²) < 4.78 is 0. The second kappa shape index (κ2) is 5.85. The molecule has 0 radical (unpaired) electrons. The maximum atomic E-state index is 11.7. The fraction of sp³-hybridized carbons (Fsp3) is 0.929. The zero-order valence-electron chi connectivity index (χ0n) is 11.7. The maximum absolute atomic E-state index is 11.7. The molecule has 0 atom stereocenters. The Morgan fingerprint density at radius 2 is 1.94 bits per heavy atom. The number of hydrogen-bond donors (Lipinski definition) is 1. The van der Waals surface area contributed by atoms with Gasteiger partial charge in [0.15, 0.2) is 0 Å². The van der Waals surface area contributed by atoms with Crippen LogP contribution in [0, 0.1) is 11.8 Å². The van der Waals surface area contributed by atoms with E-state index in [2.05, 4.69) is 32.6 Å². The van der Waals surface area contributed by atoms with E-state index in [9.17, 15) is 9.90 Å². The van der Waals surface area contributed by atoms with E-state index in [1.807, 2.05) is 0 Å². The summed E-state index contributed by atoms with van der Waals surface area (Å²) in [7, 11) is 0. The Hall–Kier alpha value is -0.570. The van der Waals surface area contributed by atoms with Gasteiger partial charge >= 0.3 is 5.97 Å². The van der Waals surface area contributed by atoms with Crippen LogP contribution in [0.2, 0.25) is 0 Å². The fourth-order valence-corrected chi connectivity index (χ4v) is 2.95. The van der Waals surface area contributed by atoms with E-state index in [4.69, 9.17) is 0 Å². The first-order valence-corrected chi connectivity index (χ1v) is 6.90. The van der Waals surface area contributed by atoms with Crippen LogP contribution in [0.3, 0.4) is 0 Å². The summed E-state index contributed by atoms with van der Waals surface area (Å²) in [4.78, 5) is 13.9. The van der Waals surface area contributed by atoms with Crippen molar-refractivity contribution in [3.05, 3.63) is 0 Å². The van der Waals surface area contributed by atoms with E-state index in [0.29, 0.717) is 11.8 Å². The molecule has 0 aromatic rings. The predicted molar refractivity (Wildman–Crippen MR) is 70.1 cm³/mol. The summed E-state index contributed by atoms with van der Waals surface area (Å²) in [6.07, 6.45) is 3.70. The van der Waals surface area contributed by atoms with Crippen LogP contribution in [-0.2, 0) is 4.79 Å². The molecule has 0 aromatic heterocycles. The first-order valence-electron chi connectivity index (χ1n) is 6.90. The molecule has 0 heterocycles. The van der Waals surface area contributed by atoms with Crippen molar-refractivity contribution < 1.29 is 9.90 Å². The number of carboxylic acids is 1. The van der Waals surface area contributed by atoms with Gasteiger partial charge in [-0.25, -0.2) is 0 Å². The zero-order chi connectivity index (χ0) is 13.1. The van der Waals surface area contributed by atoms with Gasteiger partial charge in [-0.15, -0.1) is 0 Å². The van der Waals surface area contributed by atoms with Gasteiger partial charge in [-0.2, -0.15) is 0 Å². The quantitative estimate of drug-likeness (QED) is 0.804. The molecular weight excluding hydrogens is 214 g/mol. The Labute approximate surface area is 105 Å². The standard InChI is InChI=1S/C14H27NO2/c1-5-15(10-11(2)3)14(13(16)17)8-6-12(4)7-9-14/h11-12H,5-10H2,1-4H3,(H,16,17). The lowest BCUT2D eigenvalue weighted by Crippen LogP contribution is -2.57. The van der Waals surface area contributed by atoms with Gasteiger partial charge in [0.05, 0.1) is 0 Å². The van der Waals surface area contributed by atoms with Crippen molar-refractivity contribution in [2.24, 2.45) is 11.8 Å². The molecule has 1 aliphatic carbocycles. The van der Waals surface area contributed by atoms with Crippen molar-refractivity contribution in [2.45, 2.75) is 58.9 Å². The maximum Gasteiger partial charge on any atom is 0.324 e. The molecule has 1 fully saturated rings. The third-order valence-electron chi connectivity index (χ3n) is 4.07. The molecule has 1 saturated carbocycles. The van der Waals surface area contributed by atoms with Crippen LogP contribution in [0.25, 0.3) is 0 Å². The molecule has 3 nitrogen and oxygen atoms in total. The highest BCUT2D eigenvalue weighted by Crippen LogP contribution is 2.37. The number of nitrogens with zero attached hydrogens (tertiary/aromatic N) is 1. The molecule has 3 heteroatoms. The number of carbonyl (C=O) groups is 1. The lowest BCUT2D eigenvalue weighted by atomic mass is 9.75. The summed E-state index contributed by atoms with van der Waals surface area (Å²) in [5.74, 6) is 0.581.